The van der Waals surface area contributed by atoms with Gasteiger partial charge in [0, 0.05) is 5.02 Å². The lowest BCUT2D eigenvalue weighted by atomic mass is 10.2. The highest BCUT2D eigenvalue weighted by molar-refractivity contribution is 7.92. The lowest BCUT2D eigenvalue weighted by Gasteiger charge is -2.11. The molecule has 0 spiro atoms. The first kappa shape index (κ1) is 16.0. The van der Waals surface area contributed by atoms with E-state index in [0.717, 1.165) is 0 Å². The number of hydrogen-bond donors (Lipinski definition) is 2. The Hall–Kier alpha value is -1.34. The normalized spacial score (nSPS) is 11.4. The second-order valence-corrected chi connectivity index (χ2v) is 6.62. The van der Waals surface area contributed by atoms with Crippen LogP contribution in [0.2, 0.25) is 10.0 Å². The van der Waals surface area contributed by atoms with E-state index in [1.165, 1.54) is 36.4 Å². The van der Waals surface area contributed by atoms with Crippen LogP contribution in [-0.4, -0.2) is 13.5 Å². The van der Waals surface area contributed by atoms with Crippen LogP contribution in [-0.2, 0) is 16.6 Å². The quantitative estimate of drug-likeness (QED) is 0.888. The summed E-state index contributed by atoms with van der Waals surface area (Å²) in [5, 5.41) is 9.15. The topological polar surface area (TPSA) is 66.4 Å². The minimum atomic E-state index is -4.02. The first-order valence-corrected chi connectivity index (χ1v) is 7.95. The SMILES string of the molecule is O=S(=O)(Nc1cccc(Cl)c1F)c1ccc(Cl)c(CO)c1. The van der Waals surface area contributed by atoms with Gasteiger partial charge in [0.05, 0.1) is 22.2 Å². The molecule has 0 amide bonds. The molecule has 8 heteroatoms. The summed E-state index contributed by atoms with van der Waals surface area (Å²) in [6, 6.07) is 7.79. The molecular formula is C13H10Cl2FNO3S. The molecular weight excluding hydrogens is 340 g/mol. The molecule has 0 radical (unpaired) electrons. The van der Waals surface area contributed by atoms with Crippen molar-refractivity contribution in [1.82, 2.24) is 0 Å². The van der Waals surface area contributed by atoms with Gasteiger partial charge in [-0.15, -0.1) is 0 Å². The van der Waals surface area contributed by atoms with E-state index >= 15 is 0 Å². The molecule has 21 heavy (non-hydrogen) atoms. The smallest absolute Gasteiger partial charge is 0.261 e. The van der Waals surface area contributed by atoms with Gasteiger partial charge >= 0.3 is 0 Å². The molecule has 0 aliphatic carbocycles. The monoisotopic (exact) mass is 349 g/mol. The molecule has 0 aliphatic rings. The third-order valence-electron chi connectivity index (χ3n) is 2.69. The van der Waals surface area contributed by atoms with Crippen molar-refractivity contribution in [3.8, 4) is 0 Å². The molecule has 0 fully saturated rings. The van der Waals surface area contributed by atoms with Crippen LogP contribution in [0.15, 0.2) is 41.3 Å². The van der Waals surface area contributed by atoms with Crippen LogP contribution in [0.3, 0.4) is 0 Å². The van der Waals surface area contributed by atoms with Gasteiger partial charge in [0.1, 0.15) is 0 Å². The molecule has 0 atom stereocenters. The van der Waals surface area contributed by atoms with Crippen molar-refractivity contribution in [1.29, 1.82) is 0 Å². The fourth-order valence-corrected chi connectivity index (χ4v) is 3.09. The predicted octanol–water partition coefficient (Wildman–Crippen LogP) is 3.43. The molecule has 4 nitrogen and oxygen atoms in total. The van der Waals surface area contributed by atoms with Gasteiger partial charge in [-0.2, -0.15) is 0 Å². The number of nitrogens with one attached hydrogen (secondary N) is 1. The summed E-state index contributed by atoms with van der Waals surface area (Å²) in [6.07, 6.45) is 0. The fourth-order valence-electron chi connectivity index (χ4n) is 1.63. The van der Waals surface area contributed by atoms with Gasteiger partial charge < -0.3 is 5.11 Å². The van der Waals surface area contributed by atoms with E-state index < -0.39 is 22.4 Å². The van der Waals surface area contributed by atoms with Crippen molar-refractivity contribution in [3.05, 3.63) is 57.8 Å². The summed E-state index contributed by atoms with van der Waals surface area (Å²) in [5.41, 5.74) is -0.00546. The van der Waals surface area contributed by atoms with E-state index in [-0.39, 0.29) is 26.2 Å². The number of benzene rings is 2. The van der Waals surface area contributed by atoms with Crippen molar-refractivity contribution in [2.24, 2.45) is 0 Å². The maximum Gasteiger partial charge on any atom is 0.261 e. The number of rotatable bonds is 4. The Kier molecular flexibility index (Phi) is 4.73. The van der Waals surface area contributed by atoms with E-state index in [4.69, 9.17) is 28.3 Å². The molecule has 0 saturated carbocycles. The highest BCUT2D eigenvalue weighted by Gasteiger charge is 2.18. The number of aliphatic hydroxyl groups is 1. The first-order chi connectivity index (χ1) is 9.85. The number of hydrogen-bond acceptors (Lipinski definition) is 3. The van der Waals surface area contributed by atoms with E-state index in [2.05, 4.69) is 4.72 Å². The summed E-state index contributed by atoms with van der Waals surface area (Å²) in [6.45, 7) is -0.409. The zero-order chi connectivity index (χ0) is 15.6. The van der Waals surface area contributed by atoms with Gasteiger partial charge in [0.25, 0.3) is 10.0 Å². The molecule has 0 aliphatic heterocycles. The molecule has 2 N–H and O–H groups in total. The summed E-state index contributed by atoms with van der Waals surface area (Å²) < 4.78 is 40.2. The Morgan fingerprint density at radius 2 is 1.86 bits per heavy atom. The molecule has 0 heterocycles. The van der Waals surface area contributed by atoms with Crippen LogP contribution in [0.4, 0.5) is 10.1 Å². The lowest BCUT2D eigenvalue weighted by molar-refractivity contribution is 0.281. The molecule has 2 rings (SSSR count). The average molecular weight is 350 g/mol. The Labute approximate surface area is 131 Å². The van der Waals surface area contributed by atoms with E-state index in [1.54, 1.807) is 0 Å². The molecule has 2 aromatic rings. The maximum atomic E-state index is 13.7. The Bertz CT molecular complexity index is 781. The Balaban J connectivity index is 2.41. The molecule has 0 aromatic heterocycles. The molecule has 0 bridgehead atoms. The molecule has 0 saturated heterocycles. The zero-order valence-corrected chi connectivity index (χ0v) is 12.8. The summed E-state index contributed by atoms with van der Waals surface area (Å²) >= 11 is 11.4. The molecule has 0 unspecified atom stereocenters. The second kappa shape index (κ2) is 6.19. The molecule has 2 aromatic carbocycles. The number of halogens is 3. The van der Waals surface area contributed by atoms with E-state index in [9.17, 15) is 12.8 Å². The minimum Gasteiger partial charge on any atom is -0.392 e. The number of aliphatic hydroxyl groups excluding tert-OH is 1. The fraction of sp³-hybridized carbons (Fsp3) is 0.0769. The summed E-state index contributed by atoms with van der Waals surface area (Å²) in [4.78, 5) is -0.143. The molecule has 112 valence electrons. The second-order valence-electron chi connectivity index (χ2n) is 4.12. The van der Waals surface area contributed by atoms with Crippen LogP contribution in [0, 0.1) is 5.82 Å². The van der Waals surface area contributed by atoms with Gasteiger partial charge in [-0.25, -0.2) is 12.8 Å². The lowest BCUT2D eigenvalue weighted by Crippen LogP contribution is -2.14. The van der Waals surface area contributed by atoms with Gasteiger partial charge in [-0.3, -0.25) is 4.72 Å². The van der Waals surface area contributed by atoms with Crippen LogP contribution in [0.5, 0.6) is 0 Å². The summed E-state index contributed by atoms with van der Waals surface area (Å²) in [7, 11) is -4.02. The number of anilines is 1. The highest BCUT2D eigenvalue weighted by Crippen LogP contribution is 2.26. The van der Waals surface area contributed by atoms with Crippen molar-refractivity contribution in [2.75, 3.05) is 4.72 Å². The predicted molar refractivity (Wildman–Crippen MR) is 79.6 cm³/mol. The van der Waals surface area contributed by atoms with E-state index in [0.29, 0.717) is 0 Å². The van der Waals surface area contributed by atoms with Crippen molar-refractivity contribution in [2.45, 2.75) is 11.5 Å². The van der Waals surface area contributed by atoms with E-state index in [1.807, 2.05) is 0 Å². The van der Waals surface area contributed by atoms with Crippen LogP contribution in [0.25, 0.3) is 0 Å². The minimum absolute atomic E-state index is 0.143. The van der Waals surface area contributed by atoms with Crippen molar-refractivity contribution >= 4 is 38.9 Å². The van der Waals surface area contributed by atoms with Crippen LogP contribution >= 0.6 is 23.2 Å². The van der Waals surface area contributed by atoms with Crippen LogP contribution in [0.1, 0.15) is 5.56 Å². The van der Waals surface area contributed by atoms with Crippen molar-refractivity contribution in [3.63, 3.8) is 0 Å². The third-order valence-corrected chi connectivity index (χ3v) is 4.72. The maximum absolute atomic E-state index is 13.7. The first-order valence-electron chi connectivity index (χ1n) is 5.71. The standard InChI is InChI=1S/C13H10Cl2FNO3S/c14-10-5-4-9(6-8(10)7-18)21(19,20)17-12-3-1-2-11(15)13(12)16/h1-6,17-18H,7H2. The average Bonchev–Trinajstić information content (AvgIpc) is 2.44. The van der Waals surface area contributed by atoms with Gasteiger partial charge in [0.15, 0.2) is 5.82 Å². The van der Waals surface area contributed by atoms with Crippen molar-refractivity contribution < 1.29 is 17.9 Å². The van der Waals surface area contributed by atoms with Gasteiger partial charge in [-0.1, -0.05) is 29.3 Å². The highest BCUT2D eigenvalue weighted by atomic mass is 35.5. The van der Waals surface area contributed by atoms with Gasteiger partial charge in [-0.05, 0) is 35.9 Å². The van der Waals surface area contributed by atoms with Crippen LogP contribution < -0.4 is 4.72 Å². The largest absolute Gasteiger partial charge is 0.392 e. The van der Waals surface area contributed by atoms with Gasteiger partial charge in [0.2, 0.25) is 0 Å². The summed E-state index contributed by atoms with van der Waals surface area (Å²) in [5.74, 6) is -0.862. The zero-order valence-electron chi connectivity index (χ0n) is 10.5. The Morgan fingerprint density at radius 3 is 2.52 bits per heavy atom. The third kappa shape index (κ3) is 3.47. The number of sulfonamides is 1. The Morgan fingerprint density at radius 1 is 1.14 bits per heavy atom.